The van der Waals surface area contributed by atoms with Gasteiger partial charge < -0.3 is 23.4 Å². The molecule has 0 aliphatic carbocycles. The third-order valence-electron chi connectivity index (χ3n) is 7.10. The molecule has 0 saturated carbocycles. The summed E-state index contributed by atoms with van der Waals surface area (Å²) in [5.41, 5.74) is 3.26. The van der Waals surface area contributed by atoms with E-state index in [4.69, 9.17) is 23.4 Å². The number of rotatable bonds is 14. The molecule has 3 rings (SSSR count). The summed E-state index contributed by atoms with van der Waals surface area (Å²) in [6, 6.07) is 24.3. The molecule has 0 saturated heterocycles. The van der Waals surface area contributed by atoms with Crippen LogP contribution in [0.2, 0.25) is 18.1 Å². The third-order valence-corrected chi connectivity index (χ3v) is 12.4. The van der Waals surface area contributed by atoms with Crippen molar-refractivity contribution in [1.82, 2.24) is 0 Å². The second kappa shape index (κ2) is 14.5. The molecule has 0 N–H and O–H groups in total. The van der Waals surface area contributed by atoms with Gasteiger partial charge in [0.25, 0.3) is 0 Å². The highest BCUT2D eigenvalue weighted by Gasteiger charge is 2.41. The lowest BCUT2D eigenvalue weighted by Crippen LogP contribution is -2.51. The Morgan fingerprint density at radius 3 is 1.74 bits per heavy atom. The standard InChI is InChI=1S/C32H43BrO5Si/c1-24-18-27(34-5)31(33)28(19-24)37-29(22-35-20-25-14-10-8-11-15-25)30(38-39(6,7)32(2,3)4)23-36-21-26-16-12-9-13-17-26/h8-19,29-30H,20-23H2,1-7H3/t29-,30+/m1/s1. The maximum Gasteiger partial charge on any atom is 0.192 e. The normalized spacial score (nSPS) is 13.6. The van der Waals surface area contributed by atoms with Gasteiger partial charge in [-0.3, -0.25) is 0 Å². The van der Waals surface area contributed by atoms with E-state index >= 15 is 0 Å². The van der Waals surface area contributed by atoms with Crippen molar-refractivity contribution in [3.8, 4) is 11.5 Å². The van der Waals surface area contributed by atoms with Crippen LogP contribution in [0.15, 0.2) is 77.3 Å². The Labute approximate surface area is 244 Å². The fourth-order valence-corrected chi connectivity index (χ4v) is 5.64. The average molecular weight is 616 g/mol. The molecule has 0 aliphatic rings. The number of halogens is 1. The van der Waals surface area contributed by atoms with Crippen LogP contribution in [0.3, 0.4) is 0 Å². The molecule has 0 aliphatic heterocycles. The lowest BCUT2D eigenvalue weighted by molar-refractivity contribution is -0.0597. The monoisotopic (exact) mass is 614 g/mol. The molecule has 212 valence electrons. The van der Waals surface area contributed by atoms with Crippen LogP contribution >= 0.6 is 15.9 Å². The first-order valence-corrected chi connectivity index (χ1v) is 17.1. The molecule has 0 unspecified atom stereocenters. The summed E-state index contributed by atoms with van der Waals surface area (Å²) >= 11 is 3.68. The van der Waals surface area contributed by atoms with Crippen molar-refractivity contribution in [2.24, 2.45) is 0 Å². The molecule has 2 atom stereocenters. The highest BCUT2D eigenvalue weighted by molar-refractivity contribution is 9.10. The minimum Gasteiger partial charge on any atom is -0.495 e. The molecule has 0 bridgehead atoms. The molecule has 0 fully saturated rings. The van der Waals surface area contributed by atoms with Crippen LogP contribution in [0.25, 0.3) is 0 Å². The second-order valence-electron chi connectivity index (χ2n) is 11.4. The molecular weight excluding hydrogens is 572 g/mol. The van der Waals surface area contributed by atoms with Crippen molar-refractivity contribution in [3.05, 3.63) is 94.0 Å². The topological polar surface area (TPSA) is 46.2 Å². The Balaban J connectivity index is 1.89. The number of aryl methyl sites for hydroxylation is 1. The van der Waals surface area contributed by atoms with Gasteiger partial charge in [0.05, 0.1) is 33.5 Å². The molecule has 0 spiro atoms. The van der Waals surface area contributed by atoms with Crippen LogP contribution in [0, 0.1) is 6.92 Å². The van der Waals surface area contributed by atoms with Crippen LogP contribution in [0.1, 0.15) is 37.5 Å². The van der Waals surface area contributed by atoms with Crippen molar-refractivity contribution >= 4 is 24.2 Å². The summed E-state index contributed by atoms with van der Waals surface area (Å²) in [6.07, 6.45) is -0.759. The number of methoxy groups -OCH3 is 1. The molecule has 5 nitrogen and oxygen atoms in total. The second-order valence-corrected chi connectivity index (χ2v) is 16.9. The molecule has 0 amide bonds. The van der Waals surface area contributed by atoms with Gasteiger partial charge in [0.1, 0.15) is 28.2 Å². The summed E-state index contributed by atoms with van der Waals surface area (Å²) in [5.74, 6) is 1.41. The number of benzene rings is 3. The Hall–Kier alpha value is -2.16. The molecule has 7 heteroatoms. The zero-order valence-corrected chi connectivity index (χ0v) is 26.9. The van der Waals surface area contributed by atoms with Gasteiger partial charge in [0.2, 0.25) is 0 Å². The zero-order valence-electron chi connectivity index (χ0n) is 24.3. The van der Waals surface area contributed by atoms with Gasteiger partial charge in [-0.15, -0.1) is 0 Å². The molecule has 3 aromatic carbocycles. The van der Waals surface area contributed by atoms with E-state index in [1.807, 2.05) is 55.5 Å². The summed E-state index contributed by atoms with van der Waals surface area (Å²) in [5, 5.41) is 0.0211. The van der Waals surface area contributed by atoms with Crippen molar-refractivity contribution in [1.29, 1.82) is 0 Å². The molecule has 3 aromatic rings. The summed E-state index contributed by atoms with van der Waals surface area (Å²) in [4.78, 5) is 0. The quantitative estimate of drug-likeness (QED) is 0.171. The van der Waals surface area contributed by atoms with Gasteiger partial charge in [-0.1, -0.05) is 81.4 Å². The van der Waals surface area contributed by atoms with Crippen molar-refractivity contribution in [2.45, 2.75) is 71.2 Å². The number of hydrogen-bond donors (Lipinski definition) is 0. The molecular formula is C32H43BrO5Si. The predicted octanol–water partition coefficient (Wildman–Crippen LogP) is 8.34. The molecule has 39 heavy (non-hydrogen) atoms. The van der Waals surface area contributed by atoms with E-state index in [1.165, 1.54) is 0 Å². The summed E-state index contributed by atoms with van der Waals surface area (Å²) in [7, 11) is -0.517. The van der Waals surface area contributed by atoms with Gasteiger partial charge in [-0.05, 0) is 69.8 Å². The Morgan fingerprint density at radius 1 is 0.769 bits per heavy atom. The minimum absolute atomic E-state index is 0.0211. The molecule has 0 aromatic heterocycles. The van der Waals surface area contributed by atoms with Crippen LogP contribution in [0.5, 0.6) is 11.5 Å². The maximum absolute atomic E-state index is 6.97. The molecule has 0 heterocycles. The predicted molar refractivity (Wildman–Crippen MR) is 164 cm³/mol. The van der Waals surface area contributed by atoms with Crippen LogP contribution in [0.4, 0.5) is 0 Å². The van der Waals surface area contributed by atoms with Crippen LogP contribution in [-0.2, 0) is 27.1 Å². The third kappa shape index (κ3) is 9.47. The SMILES string of the molecule is COc1cc(C)cc(O[C@H](COCc2ccccc2)[C@H](COCc2ccccc2)O[Si](C)(C)C(C)(C)C)c1Br. The first-order chi connectivity index (χ1) is 18.5. The van der Waals surface area contributed by atoms with Gasteiger partial charge >= 0.3 is 0 Å². The van der Waals surface area contributed by atoms with E-state index in [1.54, 1.807) is 7.11 Å². The first-order valence-electron chi connectivity index (χ1n) is 13.4. The minimum atomic E-state index is -2.17. The van der Waals surface area contributed by atoms with Crippen molar-refractivity contribution in [3.63, 3.8) is 0 Å². The maximum atomic E-state index is 6.97. The Morgan fingerprint density at radius 2 is 1.26 bits per heavy atom. The lowest BCUT2D eigenvalue weighted by atomic mass is 10.2. The largest absolute Gasteiger partial charge is 0.495 e. The number of ether oxygens (including phenoxy) is 4. The Kier molecular flexibility index (Phi) is 11.6. The highest BCUT2D eigenvalue weighted by atomic mass is 79.9. The van der Waals surface area contributed by atoms with E-state index in [9.17, 15) is 0 Å². The zero-order chi connectivity index (χ0) is 28.5. The molecule has 0 radical (unpaired) electrons. The highest BCUT2D eigenvalue weighted by Crippen LogP contribution is 2.39. The van der Waals surface area contributed by atoms with E-state index in [0.717, 1.165) is 26.9 Å². The summed E-state index contributed by atoms with van der Waals surface area (Å²) in [6.45, 7) is 15.0. The van der Waals surface area contributed by atoms with Gasteiger partial charge in [0, 0.05) is 0 Å². The number of hydrogen-bond acceptors (Lipinski definition) is 5. The Bertz CT molecular complexity index is 1150. The summed E-state index contributed by atoms with van der Waals surface area (Å²) < 4.78 is 32.5. The lowest BCUT2D eigenvalue weighted by Gasteiger charge is -2.41. The van der Waals surface area contributed by atoms with E-state index in [0.29, 0.717) is 32.2 Å². The van der Waals surface area contributed by atoms with E-state index < -0.39 is 14.4 Å². The smallest absolute Gasteiger partial charge is 0.192 e. The van der Waals surface area contributed by atoms with Crippen molar-refractivity contribution < 1.29 is 23.4 Å². The van der Waals surface area contributed by atoms with Gasteiger partial charge in [0.15, 0.2) is 8.32 Å². The fraction of sp³-hybridized carbons (Fsp3) is 0.438. The van der Waals surface area contributed by atoms with Gasteiger partial charge in [-0.25, -0.2) is 0 Å². The average Bonchev–Trinajstić information content (AvgIpc) is 2.89. The van der Waals surface area contributed by atoms with Crippen LogP contribution < -0.4 is 9.47 Å². The van der Waals surface area contributed by atoms with Crippen LogP contribution in [-0.4, -0.2) is 40.8 Å². The fourth-order valence-electron chi connectivity index (χ4n) is 3.82. The van der Waals surface area contributed by atoms with Crippen molar-refractivity contribution in [2.75, 3.05) is 20.3 Å². The van der Waals surface area contributed by atoms with E-state index in [2.05, 4.69) is 74.1 Å². The van der Waals surface area contributed by atoms with E-state index in [-0.39, 0.29) is 11.1 Å². The first kappa shape index (κ1) is 31.4. The van der Waals surface area contributed by atoms with Gasteiger partial charge in [-0.2, -0.15) is 0 Å².